The molecular weight excluding hydrogens is 254 g/mol. The van der Waals surface area contributed by atoms with Crippen LogP contribution in [0.25, 0.3) is 11.3 Å². The van der Waals surface area contributed by atoms with Gasteiger partial charge in [-0.05, 0) is 24.7 Å². The molecule has 0 saturated heterocycles. The number of hydrogen-bond acceptors (Lipinski definition) is 5. The van der Waals surface area contributed by atoms with E-state index in [2.05, 4.69) is 22.2 Å². The number of benzene rings is 1. The number of ether oxygens (including phenoxy) is 2. The summed E-state index contributed by atoms with van der Waals surface area (Å²) in [6.45, 7) is 3.72. The van der Waals surface area contributed by atoms with Gasteiger partial charge in [-0.25, -0.2) is 9.97 Å². The summed E-state index contributed by atoms with van der Waals surface area (Å²) in [6.07, 6.45) is 3.28. The molecule has 0 unspecified atom stereocenters. The van der Waals surface area contributed by atoms with Gasteiger partial charge in [0.15, 0.2) is 0 Å². The van der Waals surface area contributed by atoms with Gasteiger partial charge in [0.1, 0.15) is 11.4 Å². The normalized spacial score (nSPS) is 10.3. The molecule has 0 fully saturated rings. The molecule has 0 bridgehead atoms. The number of methoxy groups -OCH3 is 2. The Balaban J connectivity index is 2.41. The number of hydrogen-bond donors (Lipinski definition) is 1. The van der Waals surface area contributed by atoms with E-state index in [1.807, 2.05) is 18.2 Å². The lowest BCUT2D eigenvalue weighted by atomic mass is 10.1. The maximum Gasteiger partial charge on any atom is 0.240 e. The summed E-state index contributed by atoms with van der Waals surface area (Å²) in [7, 11) is 3.27. The largest absolute Gasteiger partial charge is 0.496 e. The van der Waals surface area contributed by atoms with Crippen LogP contribution >= 0.6 is 0 Å². The number of nitrogens with one attached hydrogen (secondary N) is 1. The molecule has 2 rings (SSSR count). The van der Waals surface area contributed by atoms with E-state index in [-0.39, 0.29) is 0 Å². The molecule has 5 nitrogen and oxygen atoms in total. The minimum atomic E-state index is 0.520. The van der Waals surface area contributed by atoms with Crippen molar-refractivity contribution in [2.24, 2.45) is 0 Å². The zero-order valence-corrected chi connectivity index (χ0v) is 12.0. The van der Waals surface area contributed by atoms with Crippen molar-refractivity contribution in [3.05, 3.63) is 36.2 Å². The Bertz CT molecular complexity index is 573. The van der Waals surface area contributed by atoms with Crippen LogP contribution in [-0.4, -0.2) is 30.7 Å². The zero-order chi connectivity index (χ0) is 14.4. The molecular formula is C15H19N3O2. The van der Waals surface area contributed by atoms with Crippen molar-refractivity contribution in [1.82, 2.24) is 15.3 Å². The summed E-state index contributed by atoms with van der Waals surface area (Å²) in [4.78, 5) is 8.52. The summed E-state index contributed by atoms with van der Waals surface area (Å²) < 4.78 is 10.6. The lowest BCUT2D eigenvalue weighted by Gasteiger charge is -2.12. The second-order valence-electron chi connectivity index (χ2n) is 4.22. The van der Waals surface area contributed by atoms with E-state index >= 15 is 0 Å². The minimum Gasteiger partial charge on any atom is -0.496 e. The average Bonchev–Trinajstić information content (AvgIpc) is 2.52. The summed E-state index contributed by atoms with van der Waals surface area (Å²) in [6, 6.07) is 5.95. The smallest absolute Gasteiger partial charge is 0.240 e. The van der Waals surface area contributed by atoms with Crippen LogP contribution in [0.4, 0.5) is 0 Å². The standard InChI is InChI=1S/C15H19N3O2/c1-4-16-10-12-9-11(5-6-13(12)19-2)14-15(20-3)18-8-7-17-14/h5-9,16H,4,10H2,1-3H3. The third-order valence-corrected chi connectivity index (χ3v) is 2.98. The molecule has 0 aliphatic carbocycles. The van der Waals surface area contributed by atoms with E-state index in [4.69, 9.17) is 9.47 Å². The van der Waals surface area contributed by atoms with Crippen LogP contribution in [0.1, 0.15) is 12.5 Å². The van der Waals surface area contributed by atoms with Gasteiger partial charge >= 0.3 is 0 Å². The molecule has 5 heteroatoms. The SMILES string of the molecule is CCNCc1cc(-c2nccnc2OC)ccc1OC. The van der Waals surface area contributed by atoms with Gasteiger partial charge in [-0.2, -0.15) is 0 Å². The highest BCUT2D eigenvalue weighted by Gasteiger charge is 2.11. The molecule has 0 atom stereocenters. The second kappa shape index (κ2) is 6.86. The molecule has 0 radical (unpaired) electrons. The fourth-order valence-electron chi connectivity index (χ4n) is 2.00. The van der Waals surface area contributed by atoms with Gasteiger partial charge in [0.05, 0.1) is 14.2 Å². The van der Waals surface area contributed by atoms with Crippen LogP contribution < -0.4 is 14.8 Å². The van der Waals surface area contributed by atoms with Crippen molar-refractivity contribution in [3.8, 4) is 22.9 Å². The van der Waals surface area contributed by atoms with Gasteiger partial charge in [-0.15, -0.1) is 0 Å². The maximum atomic E-state index is 5.38. The lowest BCUT2D eigenvalue weighted by Crippen LogP contribution is -2.12. The Morgan fingerprint density at radius 3 is 2.60 bits per heavy atom. The third-order valence-electron chi connectivity index (χ3n) is 2.98. The topological polar surface area (TPSA) is 56.3 Å². The van der Waals surface area contributed by atoms with Crippen molar-refractivity contribution in [3.63, 3.8) is 0 Å². The van der Waals surface area contributed by atoms with E-state index in [0.29, 0.717) is 5.88 Å². The first-order valence-corrected chi connectivity index (χ1v) is 6.53. The van der Waals surface area contributed by atoms with Gasteiger partial charge < -0.3 is 14.8 Å². The molecule has 0 spiro atoms. The van der Waals surface area contributed by atoms with E-state index in [9.17, 15) is 0 Å². The van der Waals surface area contributed by atoms with Gasteiger partial charge in [-0.3, -0.25) is 0 Å². The van der Waals surface area contributed by atoms with Crippen LogP contribution in [0.3, 0.4) is 0 Å². The summed E-state index contributed by atoms with van der Waals surface area (Å²) in [5.74, 6) is 1.38. The molecule has 0 aliphatic heterocycles. The first kappa shape index (κ1) is 14.3. The van der Waals surface area contributed by atoms with Gasteiger partial charge in [-0.1, -0.05) is 6.92 Å². The molecule has 1 N–H and O–H groups in total. The monoisotopic (exact) mass is 273 g/mol. The molecule has 1 heterocycles. The lowest BCUT2D eigenvalue weighted by molar-refractivity contribution is 0.397. The van der Waals surface area contributed by atoms with Crippen LogP contribution in [0.2, 0.25) is 0 Å². The summed E-state index contributed by atoms with van der Waals surface area (Å²) in [5, 5.41) is 3.30. The summed E-state index contributed by atoms with van der Waals surface area (Å²) >= 11 is 0. The van der Waals surface area contributed by atoms with Crippen LogP contribution in [0.15, 0.2) is 30.6 Å². The van der Waals surface area contributed by atoms with E-state index in [1.54, 1.807) is 26.6 Å². The summed E-state index contributed by atoms with van der Waals surface area (Å²) in [5.41, 5.74) is 2.78. The number of nitrogens with zero attached hydrogens (tertiary/aromatic N) is 2. The zero-order valence-electron chi connectivity index (χ0n) is 12.0. The van der Waals surface area contributed by atoms with Crippen molar-refractivity contribution in [2.75, 3.05) is 20.8 Å². The number of rotatable bonds is 6. The predicted molar refractivity (Wildman–Crippen MR) is 78.0 cm³/mol. The highest BCUT2D eigenvalue weighted by atomic mass is 16.5. The van der Waals surface area contributed by atoms with Gasteiger partial charge in [0, 0.05) is 30.1 Å². The fraction of sp³-hybridized carbons (Fsp3) is 0.333. The second-order valence-corrected chi connectivity index (χ2v) is 4.22. The van der Waals surface area contributed by atoms with Crippen molar-refractivity contribution in [1.29, 1.82) is 0 Å². The van der Waals surface area contributed by atoms with Crippen molar-refractivity contribution in [2.45, 2.75) is 13.5 Å². The molecule has 2 aromatic rings. The Labute approximate surface area is 119 Å². The van der Waals surface area contributed by atoms with Gasteiger partial charge in [0.2, 0.25) is 5.88 Å². The highest BCUT2D eigenvalue weighted by molar-refractivity contribution is 5.66. The minimum absolute atomic E-state index is 0.520. The first-order valence-electron chi connectivity index (χ1n) is 6.53. The highest BCUT2D eigenvalue weighted by Crippen LogP contribution is 2.29. The Morgan fingerprint density at radius 1 is 1.10 bits per heavy atom. The number of aromatic nitrogens is 2. The van der Waals surface area contributed by atoms with E-state index < -0.39 is 0 Å². The molecule has 20 heavy (non-hydrogen) atoms. The van der Waals surface area contributed by atoms with Crippen molar-refractivity contribution < 1.29 is 9.47 Å². The first-order chi connectivity index (χ1) is 9.80. The van der Waals surface area contributed by atoms with Gasteiger partial charge in [0.25, 0.3) is 0 Å². The van der Waals surface area contributed by atoms with Crippen molar-refractivity contribution >= 4 is 0 Å². The third kappa shape index (κ3) is 3.05. The molecule has 106 valence electrons. The fourth-order valence-corrected chi connectivity index (χ4v) is 2.00. The Morgan fingerprint density at radius 2 is 1.90 bits per heavy atom. The van der Waals surface area contributed by atoms with E-state index in [0.717, 1.165) is 35.7 Å². The quantitative estimate of drug-likeness (QED) is 0.875. The molecule has 0 amide bonds. The average molecular weight is 273 g/mol. The molecule has 0 saturated carbocycles. The maximum absolute atomic E-state index is 5.38. The van der Waals surface area contributed by atoms with Crippen LogP contribution in [0, 0.1) is 0 Å². The van der Waals surface area contributed by atoms with Crippen LogP contribution in [0.5, 0.6) is 11.6 Å². The molecule has 1 aromatic heterocycles. The molecule has 0 aliphatic rings. The molecule has 1 aromatic carbocycles. The van der Waals surface area contributed by atoms with Crippen LogP contribution in [-0.2, 0) is 6.54 Å². The van der Waals surface area contributed by atoms with E-state index in [1.165, 1.54) is 0 Å². The Kier molecular flexibility index (Phi) is 4.90. The predicted octanol–water partition coefficient (Wildman–Crippen LogP) is 2.27. The Hall–Kier alpha value is -2.14.